The van der Waals surface area contributed by atoms with Crippen LogP contribution in [0.25, 0.3) is 0 Å². The largest absolute Gasteiger partial charge is 0.497 e. The molecule has 0 radical (unpaired) electrons. The predicted molar refractivity (Wildman–Crippen MR) is 126 cm³/mol. The molecular weight excluding hydrogens is 442 g/mol. The normalized spacial score (nSPS) is 18.9. The molecule has 0 saturated carbocycles. The minimum Gasteiger partial charge on any atom is -0.497 e. The van der Waals surface area contributed by atoms with Crippen LogP contribution in [0.2, 0.25) is 0 Å². The second-order valence-corrected chi connectivity index (χ2v) is 8.18. The van der Waals surface area contributed by atoms with Gasteiger partial charge in [0.05, 0.1) is 37.5 Å². The van der Waals surface area contributed by atoms with Gasteiger partial charge in [-0.1, -0.05) is 12.1 Å². The summed E-state index contributed by atoms with van der Waals surface area (Å²) in [5.41, 5.74) is 2.81. The van der Waals surface area contributed by atoms with Crippen molar-refractivity contribution in [3.63, 3.8) is 0 Å². The number of methoxy groups -OCH3 is 2. The Morgan fingerprint density at radius 3 is 2.33 bits per heavy atom. The molecule has 0 fully saturated rings. The van der Waals surface area contributed by atoms with E-state index in [1.54, 1.807) is 26.2 Å². The molecule has 2 aromatic carbocycles. The average molecular weight is 466 g/mol. The van der Waals surface area contributed by atoms with Crippen molar-refractivity contribution >= 4 is 34.5 Å². The number of carbonyl (C=O) groups is 2. The van der Waals surface area contributed by atoms with Crippen LogP contribution in [0.1, 0.15) is 30.5 Å². The van der Waals surface area contributed by atoms with Crippen LogP contribution in [0.15, 0.2) is 69.6 Å². The van der Waals surface area contributed by atoms with Gasteiger partial charge in [-0.15, -0.1) is 0 Å². The lowest BCUT2D eigenvalue weighted by Gasteiger charge is -2.22. The second-order valence-electron chi connectivity index (χ2n) is 7.18. The lowest BCUT2D eigenvalue weighted by Crippen LogP contribution is -2.23. The summed E-state index contributed by atoms with van der Waals surface area (Å²) in [7, 11) is 3.24. The number of carbonyl (C=O) groups excluding carboxylic acids is 2. The number of benzene rings is 2. The molecule has 2 aromatic rings. The van der Waals surface area contributed by atoms with Gasteiger partial charge in [0.15, 0.2) is 5.17 Å². The van der Waals surface area contributed by atoms with Crippen LogP contribution in [0.5, 0.6) is 11.5 Å². The van der Waals surface area contributed by atoms with E-state index in [2.05, 4.69) is 4.99 Å². The second kappa shape index (κ2) is 9.91. The SMILES string of the molecule is CCOC(=O)C=C1SC(N2N=C(c3ccc(OC)cc3)CC2c2ccc(OC)cc2)=NC1=O. The van der Waals surface area contributed by atoms with Crippen molar-refractivity contribution in [1.29, 1.82) is 0 Å². The van der Waals surface area contributed by atoms with E-state index >= 15 is 0 Å². The Hall–Kier alpha value is -3.59. The summed E-state index contributed by atoms with van der Waals surface area (Å²) in [5, 5.41) is 6.97. The number of hydrazone groups is 1. The molecule has 0 aliphatic carbocycles. The topological polar surface area (TPSA) is 89.8 Å². The molecule has 2 aliphatic rings. The molecule has 4 rings (SSSR count). The summed E-state index contributed by atoms with van der Waals surface area (Å²) >= 11 is 1.11. The monoisotopic (exact) mass is 465 g/mol. The summed E-state index contributed by atoms with van der Waals surface area (Å²) in [5.74, 6) is 0.461. The fraction of sp³-hybridized carbons (Fsp3) is 0.250. The van der Waals surface area contributed by atoms with Gasteiger partial charge in [0.25, 0.3) is 5.91 Å². The van der Waals surface area contributed by atoms with E-state index in [-0.39, 0.29) is 17.6 Å². The lowest BCUT2D eigenvalue weighted by molar-refractivity contribution is -0.137. The number of esters is 1. The van der Waals surface area contributed by atoms with E-state index in [4.69, 9.17) is 19.3 Å². The molecule has 0 bridgehead atoms. The third-order valence-corrected chi connectivity index (χ3v) is 6.15. The van der Waals surface area contributed by atoms with E-state index in [0.29, 0.717) is 11.6 Å². The number of hydrogen-bond donors (Lipinski definition) is 0. The number of hydrogen-bond acceptors (Lipinski definition) is 8. The minimum absolute atomic E-state index is 0.172. The Bertz CT molecular complexity index is 1140. The van der Waals surface area contributed by atoms with Gasteiger partial charge in [-0.05, 0) is 66.2 Å². The fourth-order valence-electron chi connectivity index (χ4n) is 3.52. The van der Waals surface area contributed by atoms with Crippen LogP contribution in [0, 0.1) is 0 Å². The average Bonchev–Trinajstić information content (AvgIpc) is 3.43. The van der Waals surface area contributed by atoms with E-state index in [9.17, 15) is 9.59 Å². The van der Waals surface area contributed by atoms with Crippen LogP contribution in [-0.4, -0.2) is 48.6 Å². The molecule has 2 aliphatic heterocycles. The summed E-state index contributed by atoms with van der Waals surface area (Å²) < 4.78 is 15.5. The van der Waals surface area contributed by atoms with Crippen molar-refractivity contribution < 1.29 is 23.8 Å². The van der Waals surface area contributed by atoms with Crippen molar-refractivity contribution in [1.82, 2.24) is 5.01 Å². The molecule has 33 heavy (non-hydrogen) atoms. The molecule has 8 nitrogen and oxygen atoms in total. The zero-order chi connectivity index (χ0) is 23.4. The Morgan fingerprint density at radius 1 is 1.09 bits per heavy atom. The van der Waals surface area contributed by atoms with Crippen molar-refractivity contribution in [3.05, 3.63) is 70.6 Å². The summed E-state index contributed by atoms with van der Waals surface area (Å²) in [6, 6.07) is 15.2. The van der Waals surface area contributed by atoms with Gasteiger partial charge >= 0.3 is 5.97 Å². The lowest BCUT2D eigenvalue weighted by atomic mass is 9.98. The zero-order valence-corrected chi connectivity index (χ0v) is 19.3. The molecule has 1 unspecified atom stereocenters. The number of amides is 1. The highest BCUT2D eigenvalue weighted by Crippen LogP contribution is 2.39. The standard InChI is InChI=1S/C24H23N3O5S/c1-4-32-22(28)14-21-23(29)25-24(33-21)27-20(16-7-11-18(31-3)12-8-16)13-19(26-27)15-5-9-17(30-2)10-6-15/h5-12,14,20H,4,13H2,1-3H3. The summed E-state index contributed by atoms with van der Waals surface area (Å²) in [4.78, 5) is 28.7. The highest BCUT2D eigenvalue weighted by Gasteiger charge is 2.36. The predicted octanol–water partition coefficient (Wildman–Crippen LogP) is 3.93. The molecule has 170 valence electrons. The number of aliphatic imine (C=N–C) groups is 1. The first-order chi connectivity index (χ1) is 16.0. The molecule has 1 atom stereocenters. The Balaban J connectivity index is 1.66. The Morgan fingerprint density at radius 2 is 1.73 bits per heavy atom. The van der Waals surface area contributed by atoms with Gasteiger partial charge in [0.1, 0.15) is 11.5 Å². The minimum atomic E-state index is -0.569. The highest BCUT2D eigenvalue weighted by molar-refractivity contribution is 8.18. The van der Waals surface area contributed by atoms with Gasteiger partial charge in [0, 0.05) is 12.5 Å². The van der Waals surface area contributed by atoms with Crippen molar-refractivity contribution in [2.24, 2.45) is 10.1 Å². The maximum atomic E-state index is 12.4. The van der Waals surface area contributed by atoms with E-state index in [0.717, 1.165) is 40.1 Å². The Labute approximate surface area is 195 Å². The molecule has 0 N–H and O–H groups in total. The van der Waals surface area contributed by atoms with Crippen LogP contribution in [0.3, 0.4) is 0 Å². The van der Waals surface area contributed by atoms with Crippen LogP contribution >= 0.6 is 11.8 Å². The smallest absolute Gasteiger partial charge is 0.332 e. The van der Waals surface area contributed by atoms with Crippen LogP contribution in [-0.2, 0) is 14.3 Å². The van der Waals surface area contributed by atoms with Gasteiger partial charge in [-0.25, -0.2) is 9.80 Å². The number of ether oxygens (including phenoxy) is 3. The fourth-order valence-corrected chi connectivity index (χ4v) is 4.39. The number of amidine groups is 1. The van der Waals surface area contributed by atoms with Crippen LogP contribution in [0.4, 0.5) is 0 Å². The van der Waals surface area contributed by atoms with E-state index in [1.807, 2.05) is 48.5 Å². The maximum Gasteiger partial charge on any atom is 0.332 e. The van der Waals surface area contributed by atoms with Crippen LogP contribution < -0.4 is 9.47 Å². The van der Waals surface area contributed by atoms with Gasteiger partial charge in [0.2, 0.25) is 0 Å². The molecule has 9 heteroatoms. The molecule has 2 heterocycles. The first kappa shape index (κ1) is 22.6. The number of nitrogens with zero attached hydrogens (tertiary/aromatic N) is 3. The van der Waals surface area contributed by atoms with Gasteiger partial charge in [-0.2, -0.15) is 10.1 Å². The van der Waals surface area contributed by atoms with Gasteiger partial charge in [-0.3, -0.25) is 4.79 Å². The highest BCUT2D eigenvalue weighted by atomic mass is 32.2. The van der Waals surface area contributed by atoms with Gasteiger partial charge < -0.3 is 14.2 Å². The summed E-state index contributed by atoms with van der Waals surface area (Å²) in [6.45, 7) is 1.94. The van der Waals surface area contributed by atoms with Crippen molar-refractivity contribution in [2.45, 2.75) is 19.4 Å². The third kappa shape index (κ3) is 4.93. The zero-order valence-electron chi connectivity index (χ0n) is 18.5. The Kier molecular flexibility index (Phi) is 6.79. The number of rotatable bonds is 6. The van der Waals surface area contributed by atoms with E-state index in [1.165, 1.54) is 6.08 Å². The molecule has 0 aromatic heterocycles. The van der Waals surface area contributed by atoms with E-state index < -0.39 is 11.9 Å². The molecule has 0 spiro atoms. The first-order valence-corrected chi connectivity index (χ1v) is 11.2. The number of thioether (sulfide) groups is 1. The first-order valence-electron chi connectivity index (χ1n) is 10.4. The van der Waals surface area contributed by atoms with Crippen molar-refractivity contribution in [3.8, 4) is 11.5 Å². The molecule has 0 saturated heterocycles. The summed E-state index contributed by atoms with van der Waals surface area (Å²) in [6.07, 6.45) is 1.79. The van der Waals surface area contributed by atoms with Crippen molar-refractivity contribution in [2.75, 3.05) is 20.8 Å². The maximum absolute atomic E-state index is 12.4. The third-order valence-electron chi connectivity index (χ3n) is 5.17. The quantitative estimate of drug-likeness (QED) is 0.472. The molecular formula is C24H23N3O5S. The molecule has 1 amide bonds.